The minimum atomic E-state index is -1.71. The molecule has 7 heteroatoms. The average molecular weight is 549 g/mol. The summed E-state index contributed by atoms with van der Waals surface area (Å²) in [5.41, 5.74) is -1.71. The smallest absolute Gasteiger partial charge is 0.349 e. The Bertz CT molecular complexity index is 883. The van der Waals surface area contributed by atoms with Crippen molar-refractivity contribution >= 4 is 28.6 Å². The van der Waals surface area contributed by atoms with Gasteiger partial charge in [-0.3, -0.25) is 0 Å². The van der Waals surface area contributed by atoms with E-state index in [-0.39, 0.29) is 6.10 Å². The van der Waals surface area contributed by atoms with Gasteiger partial charge in [-0.1, -0.05) is 45.9 Å². The van der Waals surface area contributed by atoms with Crippen LogP contribution >= 0.6 is 22.7 Å². The van der Waals surface area contributed by atoms with E-state index >= 15 is 0 Å². The van der Waals surface area contributed by atoms with Gasteiger partial charge in [0.25, 0.3) is 0 Å². The molecule has 0 amide bonds. The van der Waals surface area contributed by atoms with Crippen LogP contribution in [0.1, 0.15) is 70.6 Å². The van der Waals surface area contributed by atoms with Gasteiger partial charge >= 0.3 is 5.97 Å². The van der Waals surface area contributed by atoms with Crippen LogP contribution in [0.25, 0.3) is 0 Å². The van der Waals surface area contributed by atoms with Crippen LogP contribution in [-0.2, 0) is 15.1 Å². The summed E-state index contributed by atoms with van der Waals surface area (Å²) in [6.45, 7) is 15.1. The summed E-state index contributed by atoms with van der Waals surface area (Å²) in [6, 6.07) is 7.32. The Morgan fingerprint density at radius 3 is 2.11 bits per heavy atom. The Morgan fingerprint density at radius 2 is 1.73 bits per heavy atom. The molecule has 0 bridgehead atoms. The van der Waals surface area contributed by atoms with E-state index in [1.165, 1.54) is 27.6 Å². The van der Waals surface area contributed by atoms with Crippen LogP contribution in [0.15, 0.2) is 59.0 Å². The molecule has 1 fully saturated rings. The number of carbonyl (C=O) groups is 1. The number of likely N-dealkylation sites (tertiary alicyclic amines) is 1. The molecule has 1 saturated heterocycles. The number of carbonyl (C=O) groups excluding carboxylic acids is 1. The molecule has 2 aromatic heterocycles. The summed E-state index contributed by atoms with van der Waals surface area (Å²) in [7, 11) is 0. The zero-order valence-electron chi connectivity index (χ0n) is 23.3. The minimum absolute atomic E-state index is 0.130. The van der Waals surface area contributed by atoms with Crippen LogP contribution in [0.5, 0.6) is 0 Å². The van der Waals surface area contributed by atoms with Gasteiger partial charge in [0, 0.05) is 12.3 Å². The summed E-state index contributed by atoms with van der Waals surface area (Å²) >= 11 is 2.77. The molecule has 3 N–H and O–H groups in total. The molecule has 0 spiro atoms. The number of piperidine rings is 1. The van der Waals surface area contributed by atoms with Crippen LogP contribution in [0.3, 0.4) is 0 Å². The van der Waals surface area contributed by atoms with Gasteiger partial charge < -0.3 is 19.8 Å². The number of hydrogen-bond donors (Lipinski definition) is 3. The van der Waals surface area contributed by atoms with E-state index < -0.39 is 11.6 Å². The van der Waals surface area contributed by atoms with Gasteiger partial charge in [-0.2, -0.15) is 0 Å². The maximum absolute atomic E-state index is 13.2. The van der Waals surface area contributed by atoms with Gasteiger partial charge in [-0.05, 0) is 61.7 Å². The van der Waals surface area contributed by atoms with E-state index in [2.05, 4.69) is 26.7 Å². The fraction of sp³-hybridized carbons (Fsp3) is 0.500. The number of thiophene rings is 2. The zero-order valence-corrected chi connectivity index (χ0v) is 24.9. The van der Waals surface area contributed by atoms with Gasteiger partial charge in [-0.25, -0.2) is 4.79 Å². The molecular formula is C30H46NO4S2+. The maximum Gasteiger partial charge on any atom is 0.349 e. The summed E-state index contributed by atoms with van der Waals surface area (Å²) in [6.07, 6.45) is 16.1. The predicted octanol–water partition coefficient (Wildman–Crippen LogP) is 5.98. The molecule has 206 valence electrons. The molecule has 1 aliphatic rings. The first kappa shape index (κ1) is 34.6. The predicted molar refractivity (Wildman–Crippen MR) is 158 cm³/mol. The lowest BCUT2D eigenvalue weighted by atomic mass is 9.90. The monoisotopic (exact) mass is 548 g/mol. The molecule has 0 saturated carbocycles. The van der Waals surface area contributed by atoms with Crippen LogP contribution in [0.4, 0.5) is 0 Å². The Morgan fingerprint density at radius 1 is 1.16 bits per heavy atom. The summed E-state index contributed by atoms with van der Waals surface area (Å²) in [5.74, 6) is 0.154. The lowest BCUT2D eigenvalue weighted by Crippen LogP contribution is -3.14. The van der Waals surface area contributed by atoms with Crippen molar-refractivity contribution in [1.82, 2.24) is 0 Å². The molecule has 3 rings (SSSR count). The van der Waals surface area contributed by atoms with Crippen LogP contribution in [0, 0.1) is 18.8 Å². The number of quaternary nitrogens is 1. The second-order valence-corrected chi connectivity index (χ2v) is 10.1. The Hall–Kier alpha value is -2.37. The Labute approximate surface area is 232 Å². The molecule has 3 atom stereocenters. The van der Waals surface area contributed by atoms with Crippen molar-refractivity contribution < 1.29 is 24.6 Å². The third-order valence-corrected chi connectivity index (χ3v) is 7.91. The topological polar surface area (TPSA) is 71.2 Å². The highest BCUT2D eigenvalue weighted by Gasteiger charge is 2.46. The standard InChI is InChI=1S/C20H27NO3S2.C6H10O.C2H6.C2H2/c1-3-10-21-11-9-15(4-2)16(14-21)24-19(22)20(23,17-7-5-12-25-17)18-8-6-13-26-18;1-3-5-6(7)4-2;2*1-2/h5-8,12-13,15-16,23H,3-4,9-11,14H2,1-2H3;3-5,7H,1-2H3;1-2H3;1-2H/p+1/b;5-3-,6-4+;;. The highest BCUT2D eigenvalue weighted by Crippen LogP contribution is 2.37. The van der Waals surface area contributed by atoms with Gasteiger partial charge in [-0.15, -0.1) is 35.5 Å². The first-order valence-electron chi connectivity index (χ1n) is 13.1. The van der Waals surface area contributed by atoms with Crippen molar-refractivity contribution in [3.05, 3.63) is 68.8 Å². The van der Waals surface area contributed by atoms with Gasteiger partial charge in [0.2, 0.25) is 5.60 Å². The fourth-order valence-corrected chi connectivity index (χ4v) is 5.81. The third-order valence-electron chi connectivity index (χ3n) is 5.95. The molecule has 37 heavy (non-hydrogen) atoms. The van der Waals surface area contributed by atoms with E-state index in [1.54, 1.807) is 37.3 Å². The molecular weight excluding hydrogens is 502 g/mol. The number of hydrogen-bond acceptors (Lipinski definition) is 6. The quantitative estimate of drug-likeness (QED) is 0.164. The van der Waals surface area contributed by atoms with Crippen molar-refractivity contribution in [2.45, 2.75) is 72.5 Å². The van der Waals surface area contributed by atoms with E-state index in [0.717, 1.165) is 38.9 Å². The third kappa shape index (κ3) is 10.5. The van der Waals surface area contributed by atoms with Gasteiger partial charge in [0.15, 0.2) is 6.10 Å². The number of allylic oxidation sites excluding steroid dienone is 3. The van der Waals surface area contributed by atoms with Crippen molar-refractivity contribution in [2.24, 2.45) is 5.92 Å². The number of terminal acetylenes is 1. The van der Waals surface area contributed by atoms with Crippen molar-refractivity contribution in [3.63, 3.8) is 0 Å². The van der Waals surface area contributed by atoms with Gasteiger partial charge in [0.1, 0.15) is 12.3 Å². The number of esters is 1. The molecule has 1 aliphatic heterocycles. The highest BCUT2D eigenvalue weighted by atomic mass is 32.1. The zero-order chi connectivity index (χ0) is 28.3. The maximum atomic E-state index is 13.2. The van der Waals surface area contributed by atoms with Crippen LogP contribution in [0.2, 0.25) is 0 Å². The minimum Gasteiger partial charge on any atom is -0.508 e. The first-order chi connectivity index (χ1) is 17.9. The second kappa shape index (κ2) is 19.7. The lowest BCUT2D eigenvalue weighted by molar-refractivity contribution is -0.909. The van der Waals surface area contributed by atoms with E-state index in [0.29, 0.717) is 21.4 Å². The fourth-order valence-electron chi connectivity index (χ4n) is 4.10. The van der Waals surface area contributed by atoms with Crippen LogP contribution in [-0.4, -0.2) is 41.9 Å². The number of rotatable bonds is 8. The SMILES string of the molecule is C#C.C/C=C\C(O)=C/C.CC.CCC[NH+]1CCC(CC)C(OC(=O)C(O)(c2cccs2)c2cccs2)C1. The normalized spacial score (nSPS) is 19.4. The molecule has 2 aromatic rings. The second-order valence-electron chi connectivity index (χ2n) is 8.23. The molecule has 0 aliphatic carbocycles. The Balaban J connectivity index is 0.00000101. The van der Waals surface area contributed by atoms with Crippen molar-refractivity contribution in [1.29, 1.82) is 0 Å². The average Bonchev–Trinajstić information content (AvgIpc) is 3.67. The summed E-state index contributed by atoms with van der Waals surface area (Å²) in [4.78, 5) is 15.9. The first-order valence-corrected chi connectivity index (χ1v) is 14.8. The molecule has 3 unspecified atom stereocenters. The number of ether oxygens (including phenoxy) is 1. The van der Waals surface area contributed by atoms with E-state index in [1.807, 2.05) is 43.7 Å². The van der Waals surface area contributed by atoms with Crippen molar-refractivity contribution in [3.8, 4) is 12.8 Å². The molecule has 5 nitrogen and oxygen atoms in total. The summed E-state index contributed by atoms with van der Waals surface area (Å²) < 4.78 is 5.99. The number of nitrogens with one attached hydrogen (secondary N) is 1. The van der Waals surface area contributed by atoms with Crippen molar-refractivity contribution in [2.75, 3.05) is 19.6 Å². The van der Waals surface area contributed by atoms with Gasteiger partial charge in [0.05, 0.1) is 22.8 Å². The van der Waals surface area contributed by atoms with E-state index in [4.69, 9.17) is 9.84 Å². The summed E-state index contributed by atoms with van der Waals surface area (Å²) in [5, 5.41) is 23.8. The molecule has 0 radical (unpaired) electrons. The largest absolute Gasteiger partial charge is 0.508 e. The van der Waals surface area contributed by atoms with Crippen LogP contribution < -0.4 is 4.90 Å². The molecule has 0 aromatic carbocycles. The molecule has 3 heterocycles. The number of aliphatic hydroxyl groups excluding tert-OH is 1. The lowest BCUT2D eigenvalue weighted by Gasteiger charge is -2.36. The Kier molecular flexibility index (Phi) is 18.4. The van der Waals surface area contributed by atoms with E-state index in [9.17, 15) is 9.90 Å². The highest BCUT2D eigenvalue weighted by molar-refractivity contribution is 7.12. The number of aliphatic hydroxyl groups is 2.